The Morgan fingerprint density at radius 1 is 1.21 bits per heavy atom. The number of hydrogen-bond donors (Lipinski definition) is 2. The van der Waals surface area contributed by atoms with Gasteiger partial charge in [0.25, 0.3) is 5.91 Å². The highest BCUT2D eigenvalue weighted by Gasteiger charge is 2.14. The van der Waals surface area contributed by atoms with Gasteiger partial charge in [-0.3, -0.25) is 9.59 Å². The smallest absolute Gasteiger partial charge is 0.303 e. The maximum absolute atomic E-state index is 13.4. The third-order valence-corrected chi connectivity index (χ3v) is 2.65. The summed E-state index contributed by atoms with van der Waals surface area (Å²) in [5.74, 6) is -3.46. The molecule has 4 nitrogen and oxygen atoms in total. The van der Waals surface area contributed by atoms with Gasteiger partial charge in [-0.2, -0.15) is 0 Å². The topological polar surface area (TPSA) is 66.4 Å². The zero-order valence-corrected chi connectivity index (χ0v) is 10.6. The van der Waals surface area contributed by atoms with Crippen molar-refractivity contribution >= 4 is 23.5 Å². The minimum absolute atomic E-state index is 0.000194. The fourth-order valence-electron chi connectivity index (χ4n) is 1.39. The molecule has 0 aliphatic heterocycles. The standard InChI is InChI=1S/C12H12ClF2NO3/c13-8-6-9(14)7(5-10(8)15)12(19)16-4-2-1-3-11(17)18/h5-6H,1-4H2,(H,16,19)(H,17,18). The Kier molecular flexibility index (Phi) is 5.69. The van der Waals surface area contributed by atoms with Crippen LogP contribution in [0.15, 0.2) is 12.1 Å². The molecular formula is C12H12ClF2NO3. The molecule has 0 unspecified atom stereocenters. The first kappa shape index (κ1) is 15.4. The molecule has 7 heteroatoms. The average molecular weight is 292 g/mol. The van der Waals surface area contributed by atoms with Gasteiger partial charge in [0.1, 0.15) is 11.6 Å². The van der Waals surface area contributed by atoms with Crippen molar-refractivity contribution in [1.29, 1.82) is 0 Å². The first-order valence-corrected chi connectivity index (χ1v) is 5.94. The van der Waals surface area contributed by atoms with E-state index in [1.807, 2.05) is 0 Å². The van der Waals surface area contributed by atoms with Crippen molar-refractivity contribution in [1.82, 2.24) is 5.32 Å². The van der Waals surface area contributed by atoms with Crippen LogP contribution in [0.1, 0.15) is 29.6 Å². The van der Waals surface area contributed by atoms with E-state index in [0.717, 1.165) is 12.1 Å². The van der Waals surface area contributed by atoms with E-state index >= 15 is 0 Å². The highest BCUT2D eigenvalue weighted by molar-refractivity contribution is 6.30. The summed E-state index contributed by atoms with van der Waals surface area (Å²) in [6, 6.07) is 1.46. The maximum atomic E-state index is 13.4. The molecule has 1 aromatic rings. The molecular weight excluding hydrogens is 280 g/mol. The number of rotatable bonds is 6. The van der Waals surface area contributed by atoms with Gasteiger partial charge in [-0.25, -0.2) is 8.78 Å². The molecule has 0 aromatic heterocycles. The molecule has 0 radical (unpaired) electrons. The fourth-order valence-corrected chi connectivity index (χ4v) is 1.55. The predicted molar refractivity (Wildman–Crippen MR) is 65.2 cm³/mol. The van der Waals surface area contributed by atoms with Crippen molar-refractivity contribution in [3.63, 3.8) is 0 Å². The van der Waals surface area contributed by atoms with Crippen LogP contribution in [0.3, 0.4) is 0 Å². The van der Waals surface area contributed by atoms with Crippen molar-refractivity contribution in [3.8, 4) is 0 Å². The molecule has 0 heterocycles. The number of carbonyl (C=O) groups excluding carboxylic acids is 1. The second-order valence-corrected chi connectivity index (χ2v) is 4.26. The number of aliphatic carboxylic acids is 1. The van der Waals surface area contributed by atoms with Crippen LogP contribution in [-0.4, -0.2) is 23.5 Å². The summed E-state index contributed by atoms with van der Waals surface area (Å²) in [6.45, 7) is 0.190. The van der Waals surface area contributed by atoms with E-state index in [1.165, 1.54) is 0 Å². The molecule has 2 N–H and O–H groups in total. The Morgan fingerprint density at radius 2 is 1.89 bits per heavy atom. The van der Waals surface area contributed by atoms with Crippen molar-refractivity contribution in [3.05, 3.63) is 34.4 Å². The van der Waals surface area contributed by atoms with Crippen LogP contribution in [0.5, 0.6) is 0 Å². The van der Waals surface area contributed by atoms with Crippen LogP contribution >= 0.6 is 11.6 Å². The molecule has 0 spiro atoms. The van der Waals surface area contributed by atoms with Crippen LogP contribution in [0.2, 0.25) is 5.02 Å². The molecule has 0 aliphatic rings. The average Bonchev–Trinajstić information content (AvgIpc) is 2.32. The first-order valence-electron chi connectivity index (χ1n) is 5.56. The van der Waals surface area contributed by atoms with Crippen molar-refractivity contribution in [2.24, 2.45) is 0 Å². The van der Waals surface area contributed by atoms with Crippen LogP contribution in [-0.2, 0) is 4.79 Å². The number of carboxylic acids is 1. The number of unbranched alkanes of at least 4 members (excludes halogenated alkanes) is 1. The molecule has 104 valence electrons. The van der Waals surface area contributed by atoms with Gasteiger partial charge in [0.2, 0.25) is 0 Å². The number of carboxylic acid groups (broad SMARTS) is 1. The fraction of sp³-hybridized carbons (Fsp3) is 0.333. The van der Waals surface area contributed by atoms with Crippen molar-refractivity contribution in [2.75, 3.05) is 6.54 Å². The molecule has 1 rings (SSSR count). The lowest BCUT2D eigenvalue weighted by molar-refractivity contribution is -0.137. The quantitative estimate of drug-likeness (QED) is 0.625. The third kappa shape index (κ3) is 4.82. The van der Waals surface area contributed by atoms with E-state index in [4.69, 9.17) is 16.7 Å². The number of amides is 1. The minimum atomic E-state index is -0.919. The normalized spacial score (nSPS) is 10.3. The summed E-state index contributed by atoms with van der Waals surface area (Å²) in [6.07, 6.45) is 0.836. The lowest BCUT2D eigenvalue weighted by atomic mass is 10.2. The van der Waals surface area contributed by atoms with Crippen molar-refractivity contribution in [2.45, 2.75) is 19.3 Å². The summed E-state index contributed by atoms with van der Waals surface area (Å²) < 4.78 is 26.5. The van der Waals surface area contributed by atoms with Gasteiger partial charge >= 0.3 is 5.97 Å². The maximum Gasteiger partial charge on any atom is 0.303 e. The number of halogens is 3. The van der Waals surface area contributed by atoms with Crippen LogP contribution in [0.25, 0.3) is 0 Å². The van der Waals surface area contributed by atoms with E-state index < -0.39 is 34.1 Å². The highest BCUT2D eigenvalue weighted by Crippen LogP contribution is 2.19. The van der Waals surface area contributed by atoms with Crippen molar-refractivity contribution < 1.29 is 23.5 Å². The SMILES string of the molecule is O=C(O)CCCCNC(=O)c1cc(F)c(Cl)cc1F. The van der Waals surface area contributed by atoms with Gasteiger partial charge < -0.3 is 10.4 Å². The minimum Gasteiger partial charge on any atom is -0.481 e. The summed E-state index contributed by atoms with van der Waals surface area (Å²) >= 11 is 5.36. The van der Waals surface area contributed by atoms with Gasteiger partial charge in [0.05, 0.1) is 10.6 Å². The van der Waals surface area contributed by atoms with Gasteiger partial charge in [-0.15, -0.1) is 0 Å². The molecule has 0 saturated carbocycles. The van der Waals surface area contributed by atoms with E-state index in [9.17, 15) is 18.4 Å². The van der Waals surface area contributed by atoms with Gasteiger partial charge in [0.15, 0.2) is 0 Å². The zero-order valence-electron chi connectivity index (χ0n) is 9.88. The van der Waals surface area contributed by atoms with Crippen LogP contribution < -0.4 is 5.32 Å². The molecule has 0 atom stereocenters. The van der Waals surface area contributed by atoms with E-state index in [-0.39, 0.29) is 13.0 Å². The highest BCUT2D eigenvalue weighted by atomic mass is 35.5. The molecule has 1 aromatic carbocycles. The number of benzene rings is 1. The Hall–Kier alpha value is -1.69. The molecule has 0 fully saturated rings. The molecule has 0 saturated heterocycles. The predicted octanol–water partition coefficient (Wildman–Crippen LogP) is 2.60. The second-order valence-electron chi connectivity index (χ2n) is 3.85. The largest absolute Gasteiger partial charge is 0.481 e. The monoisotopic (exact) mass is 291 g/mol. The lowest BCUT2D eigenvalue weighted by Gasteiger charge is -2.06. The molecule has 0 aliphatic carbocycles. The number of nitrogens with one attached hydrogen (secondary N) is 1. The Balaban J connectivity index is 2.50. The van der Waals surface area contributed by atoms with E-state index in [2.05, 4.69) is 5.32 Å². The lowest BCUT2D eigenvalue weighted by Crippen LogP contribution is -2.25. The first-order chi connectivity index (χ1) is 8.91. The van der Waals surface area contributed by atoms with Gasteiger partial charge in [0, 0.05) is 13.0 Å². The van der Waals surface area contributed by atoms with E-state index in [1.54, 1.807) is 0 Å². The van der Waals surface area contributed by atoms with Crippen LogP contribution in [0.4, 0.5) is 8.78 Å². The number of carbonyl (C=O) groups is 2. The second kappa shape index (κ2) is 7.04. The number of hydrogen-bond acceptors (Lipinski definition) is 2. The zero-order chi connectivity index (χ0) is 14.4. The molecule has 19 heavy (non-hydrogen) atoms. The Bertz CT molecular complexity index is 494. The summed E-state index contributed by atoms with van der Waals surface area (Å²) in [5.41, 5.74) is -0.430. The van der Waals surface area contributed by atoms with Gasteiger partial charge in [-0.1, -0.05) is 11.6 Å². The Morgan fingerprint density at radius 3 is 2.53 bits per heavy atom. The molecule has 0 bridgehead atoms. The summed E-state index contributed by atoms with van der Waals surface area (Å²) in [5, 5.41) is 10.4. The van der Waals surface area contributed by atoms with E-state index in [0.29, 0.717) is 12.8 Å². The summed E-state index contributed by atoms with van der Waals surface area (Å²) in [4.78, 5) is 21.8. The molecule has 1 amide bonds. The third-order valence-electron chi connectivity index (χ3n) is 2.36. The Labute approximate surface area is 113 Å². The van der Waals surface area contributed by atoms with Crippen LogP contribution in [0, 0.1) is 11.6 Å². The summed E-state index contributed by atoms with van der Waals surface area (Å²) in [7, 11) is 0. The van der Waals surface area contributed by atoms with Gasteiger partial charge in [-0.05, 0) is 25.0 Å².